The van der Waals surface area contributed by atoms with Crippen LogP contribution in [0.1, 0.15) is 31.7 Å². The Hall–Kier alpha value is -0.640. The van der Waals surface area contributed by atoms with E-state index in [1.54, 1.807) is 6.07 Å². The first-order valence-corrected chi connectivity index (χ1v) is 6.84. The molecule has 4 heteroatoms. The summed E-state index contributed by atoms with van der Waals surface area (Å²) in [5.41, 5.74) is 0.795. The van der Waals surface area contributed by atoms with Gasteiger partial charge in [-0.2, -0.15) is 0 Å². The summed E-state index contributed by atoms with van der Waals surface area (Å²) >= 11 is 5.96. The number of ether oxygens (including phenoxy) is 1. The van der Waals surface area contributed by atoms with E-state index in [0.29, 0.717) is 11.6 Å². The van der Waals surface area contributed by atoms with Crippen LogP contribution in [0.2, 0.25) is 5.02 Å². The SMILES string of the molecule is CCCCOCCCNCc1cc(F)ccc1Cl. The van der Waals surface area contributed by atoms with Crippen molar-refractivity contribution >= 4 is 11.6 Å². The lowest BCUT2D eigenvalue weighted by Gasteiger charge is -2.07. The summed E-state index contributed by atoms with van der Waals surface area (Å²) in [7, 11) is 0. The molecule has 0 saturated heterocycles. The number of benzene rings is 1. The highest BCUT2D eigenvalue weighted by Crippen LogP contribution is 2.16. The molecule has 0 heterocycles. The van der Waals surface area contributed by atoms with Gasteiger partial charge in [0.2, 0.25) is 0 Å². The molecule has 0 unspecified atom stereocenters. The van der Waals surface area contributed by atoms with Gasteiger partial charge in [-0.05, 0) is 43.1 Å². The molecule has 0 aromatic heterocycles. The van der Waals surface area contributed by atoms with Gasteiger partial charge in [-0.25, -0.2) is 4.39 Å². The lowest BCUT2D eigenvalue weighted by Crippen LogP contribution is -2.16. The molecule has 1 N–H and O–H groups in total. The molecular weight excluding hydrogens is 253 g/mol. The number of hydrogen-bond acceptors (Lipinski definition) is 2. The van der Waals surface area contributed by atoms with Crippen LogP contribution >= 0.6 is 11.6 Å². The second-order valence-corrected chi connectivity index (χ2v) is 4.64. The maximum atomic E-state index is 13.0. The van der Waals surface area contributed by atoms with Gasteiger partial charge in [0.15, 0.2) is 0 Å². The molecule has 0 bridgehead atoms. The number of rotatable bonds is 9. The average molecular weight is 274 g/mol. The predicted octanol–water partition coefficient (Wildman–Crippen LogP) is 3.78. The van der Waals surface area contributed by atoms with Crippen LogP contribution in [-0.2, 0) is 11.3 Å². The first-order valence-electron chi connectivity index (χ1n) is 6.46. The quantitative estimate of drug-likeness (QED) is 0.692. The molecule has 0 aliphatic carbocycles. The lowest BCUT2D eigenvalue weighted by atomic mass is 10.2. The van der Waals surface area contributed by atoms with Crippen molar-refractivity contribution in [3.05, 3.63) is 34.6 Å². The van der Waals surface area contributed by atoms with E-state index in [4.69, 9.17) is 16.3 Å². The summed E-state index contributed by atoms with van der Waals surface area (Å²) in [5, 5.41) is 3.83. The minimum Gasteiger partial charge on any atom is -0.381 e. The van der Waals surface area contributed by atoms with Gasteiger partial charge >= 0.3 is 0 Å². The summed E-state index contributed by atoms with van der Waals surface area (Å²) in [6.45, 7) is 5.19. The van der Waals surface area contributed by atoms with Crippen LogP contribution in [0.3, 0.4) is 0 Å². The Bertz CT molecular complexity index is 347. The minimum absolute atomic E-state index is 0.251. The third kappa shape index (κ3) is 6.34. The van der Waals surface area contributed by atoms with E-state index in [9.17, 15) is 4.39 Å². The Morgan fingerprint density at radius 3 is 2.83 bits per heavy atom. The number of halogens is 2. The largest absolute Gasteiger partial charge is 0.381 e. The molecule has 0 amide bonds. The monoisotopic (exact) mass is 273 g/mol. The predicted molar refractivity (Wildman–Crippen MR) is 73.5 cm³/mol. The van der Waals surface area contributed by atoms with Crippen LogP contribution in [0, 0.1) is 5.82 Å². The van der Waals surface area contributed by atoms with Crippen molar-refractivity contribution in [3.63, 3.8) is 0 Å². The first kappa shape index (κ1) is 15.4. The molecule has 0 aliphatic rings. The van der Waals surface area contributed by atoms with Crippen molar-refractivity contribution in [2.45, 2.75) is 32.7 Å². The maximum absolute atomic E-state index is 13.0. The fourth-order valence-electron chi connectivity index (χ4n) is 1.55. The van der Waals surface area contributed by atoms with E-state index in [-0.39, 0.29) is 5.82 Å². The number of hydrogen-bond donors (Lipinski definition) is 1. The van der Waals surface area contributed by atoms with Crippen LogP contribution in [0.15, 0.2) is 18.2 Å². The summed E-state index contributed by atoms with van der Waals surface area (Å²) in [6, 6.07) is 4.42. The van der Waals surface area contributed by atoms with Gasteiger partial charge in [0.1, 0.15) is 5.82 Å². The van der Waals surface area contributed by atoms with E-state index >= 15 is 0 Å². The van der Waals surface area contributed by atoms with Crippen LogP contribution in [0.5, 0.6) is 0 Å². The van der Waals surface area contributed by atoms with Gasteiger partial charge in [0.05, 0.1) is 0 Å². The topological polar surface area (TPSA) is 21.3 Å². The molecular formula is C14H21ClFNO. The molecule has 0 atom stereocenters. The van der Waals surface area contributed by atoms with Crippen LogP contribution in [-0.4, -0.2) is 19.8 Å². The molecule has 0 spiro atoms. The van der Waals surface area contributed by atoms with Crippen molar-refractivity contribution in [2.75, 3.05) is 19.8 Å². The Morgan fingerprint density at radius 1 is 1.28 bits per heavy atom. The Morgan fingerprint density at radius 2 is 2.06 bits per heavy atom. The Balaban J connectivity index is 2.09. The van der Waals surface area contributed by atoms with Gasteiger partial charge in [-0.3, -0.25) is 0 Å². The normalized spacial score (nSPS) is 10.8. The van der Waals surface area contributed by atoms with E-state index < -0.39 is 0 Å². The molecule has 0 fully saturated rings. The number of unbranched alkanes of at least 4 members (excludes halogenated alkanes) is 1. The smallest absolute Gasteiger partial charge is 0.123 e. The summed E-state index contributed by atoms with van der Waals surface area (Å²) in [4.78, 5) is 0. The molecule has 0 saturated carbocycles. The zero-order valence-corrected chi connectivity index (χ0v) is 11.6. The van der Waals surface area contributed by atoms with Crippen molar-refractivity contribution in [2.24, 2.45) is 0 Å². The molecule has 1 aromatic rings. The van der Waals surface area contributed by atoms with E-state index in [1.165, 1.54) is 12.1 Å². The average Bonchev–Trinajstić information content (AvgIpc) is 2.36. The third-order valence-corrected chi connectivity index (χ3v) is 2.98. The molecule has 1 rings (SSSR count). The van der Waals surface area contributed by atoms with Gasteiger partial charge in [0.25, 0.3) is 0 Å². The molecule has 2 nitrogen and oxygen atoms in total. The van der Waals surface area contributed by atoms with Crippen molar-refractivity contribution < 1.29 is 9.13 Å². The highest BCUT2D eigenvalue weighted by atomic mass is 35.5. The third-order valence-electron chi connectivity index (χ3n) is 2.61. The highest BCUT2D eigenvalue weighted by Gasteiger charge is 2.01. The Kier molecular flexibility index (Phi) is 7.98. The zero-order chi connectivity index (χ0) is 13.2. The summed E-state index contributed by atoms with van der Waals surface area (Å²) in [6.07, 6.45) is 3.24. The van der Waals surface area contributed by atoms with Gasteiger partial charge in [-0.15, -0.1) is 0 Å². The Labute approximate surface area is 113 Å². The second kappa shape index (κ2) is 9.31. The lowest BCUT2D eigenvalue weighted by molar-refractivity contribution is 0.129. The van der Waals surface area contributed by atoms with Crippen LogP contribution < -0.4 is 5.32 Å². The molecule has 18 heavy (non-hydrogen) atoms. The highest BCUT2D eigenvalue weighted by molar-refractivity contribution is 6.31. The molecule has 0 aliphatic heterocycles. The summed E-state index contributed by atoms with van der Waals surface area (Å²) in [5.74, 6) is -0.251. The van der Waals surface area contributed by atoms with Crippen molar-refractivity contribution in [3.8, 4) is 0 Å². The van der Waals surface area contributed by atoms with Crippen LogP contribution in [0.25, 0.3) is 0 Å². The zero-order valence-electron chi connectivity index (χ0n) is 10.8. The molecule has 0 radical (unpaired) electrons. The molecule has 102 valence electrons. The molecule has 1 aromatic carbocycles. The maximum Gasteiger partial charge on any atom is 0.123 e. The minimum atomic E-state index is -0.251. The van der Waals surface area contributed by atoms with E-state index in [2.05, 4.69) is 12.2 Å². The van der Waals surface area contributed by atoms with E-state index in [1.807, 2.05) is 0 Å². The number of nitrogens with one attached hydrogen (secondary N) is 1. The van der Waals surface area contributed by atoms with Crippen LogP contribution in [0.4, 0.5) is 4.39 Å². The van der Waals surface area contributed by atoms with Gasteiger partial charge in [-0.1, -0.05) is 24.9 Å². The second-order valence-electron chi connectivity index (χ2n) is 4.23. The van der Waals surface area contributed by atoms with Gasteiger partial charge in [0, 0.05) is 24.8 Å². The van der Waals surface area contributed by atoms with Gasteiger partial charge < -0.3 is 10.1 Å². The fourth-order valence-corrected chi connectivity index (χ4v) is 1.73. The van der Waals surface area contributed by atoms with Crippen molar-refractivity contribution in [1.82, 2.24) is 5.32 Å². The summed E-state index contributed by atoms with van der Waals surface area (Å²) < 4.78 is 18.4. The first-order chi connectivity index (χ1) is 8.74. The van der Waals surface area contributed by atoms with Crippen molar-refractivity contribution in [1.29, 1.82) is 0 Å². The fraction of sp³-hybridized carbons (Fsp3) is 0.571. The van der Waals surface area contributed by atoms with E-state index in [0.717, 1.165) is 44.6 Å². The standard InChI is InChI=1S/C14H21ClFNO/c1-2-3-8-18-9-4-7-17-11-12-10-13(16)5-6-14(12)15/h5-6,10,17H,2-4,7-9,11H2,1H3.